The van der Waals surface area contributed by atoms with Gasteiger partial charge in [0.1, 0.15) is 0 Å². The molecule has 3 nitrogen and oxygen atoms in total. The summed E-state index contributed by atoms with van der Waals surface area (Å²) >= 11 is 0. The summed E-state index contributed by atoms with van der Waals surface area (Å²) < 4.78 is 0. The number of carbonyl (C=O) groups excluding carboxylic acids is 2. The molecule has 1 saturated heterocycles. The molecule has 0 saturated carbocycles. The molecule has 0 radical (unpaired) electrons. The van der Waals surface area contributed by atoms with Gasteiger partial charge < -0.3 is 0 Å². The van der Waals surface area contributed by atoms with Crippen molar-refractivity contribution in [1.29, 1.82) is 0 Å². The highest BCUT2D eigenvalue weighted by atomic mass is 16.2. The van der Waals surface area contributed by atoms with E-state index in [4.69, 9.17) is 0 Å². The smallest absolute Gasteiger partial charge is 0.237 e. The summed E-state index contributed by atoms with van der Waals surface area (Å²) in [6, 6.07) is 17.7. The minimum atomic E-state index is -0.273. The Morgan fingerprint density at radius 3 is 2.27 bits per heavy atom. The van der Waals surface area contributed by atoms with E-state index in [-0.39, 0.29) is 29.6 Å². The second-order valence-corrected chi connectivity index (χ2v) is 7.81. The van der Waals surface area contributed by atoms with Crippen molar-refractivity contribution >= 4 is 23.6 Å². The van der Waals surface area contributed by atoms with E-state index in [0.717, 1.165) is 5.56 Å². The quantitative estimate of drug-likeness (QED) is 0.733. The van der Waals surface area contributed by atoms with E-state index in [1.807, 2.05) is 66.7 Å². The van der Waals surface area contributed by atoms with Crippen molar-refractivity contribution in [2.75, 3.05) is 4.90 Å². The summed E-state index contributed by atoms with van der Waals surface area (Å²) in [7, 11) is 0. The number of nitrogens with zero attached hydrogens (tertiary/aromatic N) is 1. The highest BCUT2D eigenvalue weighted by molar-refractivity contribution is 6.20. The van der Waals surface area contributed by atoms with E-state index in [0.29, 0.717) is 12.1 Å². The minimum Gasteiger partial charge on any atom is -0.274 e. The Hall–Kier alpha value is -2.68. The van der Waals surface area contributed by atoms with E-state index in [9.17, 15) is 9.59 Å². The van der Waals surface area contributed by atoms with Gasteiger partial charge in [0.2, 0.25) is 11.8 Å². The maximum Gasteiger partial charge on any atom is 0.237 e. The first-order valence-corrected chi connectivity index (χ1v) is 9.05. The molecule has 0 N–H and O–H groups in total. The average molecular weight is 347 g/mol. The Bertz CT molecular complexity index is 814. The summed E-state index contributed by atoms with van der Waals surface area (Å²) in [6.07, 6.45) is 4.84. The van der Waals surface area contributed by atoms with Crippen LogP contribution in [0.4, 0.5) is 5.69 Å². The summed E-state index contributed by atoms with van der Waals surface area (Å²) in [4.78, 5) is 26.4. The number of anilines is 1. The lowest BCUT2D eigenvalue weighted by Crippen LogP contribution is -2.30. The predicted molar refractivity (Wildman–Crippen MR) is 106 cm³/mol. The first kappa shape index (κ1) is 18.1. The molecular weight excluding hydrogens is 322 g/mol. The number of benzene rings is 2. The fourth-order valence-corrected chi connectivity index (χ4v) is 3.19. The van der Waals surface area contributed by atoms with Gasteiger partial charge in [-0.05, 0) is 35.1 Å². The van der Waals surface area contributed by atoms with E-state index in [1.54, 1.807) is 0 Å². The second-order valence-electron chi connectivity index (χ2n) is 7.81. The maximum atomic E-state index is 12.7. The summed E-state index contributed by atoms with van der Waals surface area (Å²) in [5.41, 5.74) is 2.99. The molecule has 1 heterocycles. The highest BCUT2D eigenvalue weighted by Gasteiger charge is 2.38. The lowest BCUT2D eigenvalue weighted by Gasteiger charge is -2.21. The number of hydrogen-bond donors (Lipinski definition) is 0. The van der Waals surface area contributed by atoms with Crippen LogP contribution in [0.25, 0.3) is 6.08 Å². The summed E-state index contributed by atoms with van der Waals surface area (Å²) in [5.74, 6) is -0.488. The van der Waals surface area contributed by atoms with Crippen LogP contribution in [0.15, 0.2) is 60.7 Å². The van der Waals surface area contributed by atoms with E-state index in [1.165, 1.54) is 10.5 Å². The van der Waals surface area contributed by atoms with Gasteiger partial charge in [0, 0.05) is 6.42 Å². The van der Waals surface area contributed by atoms with Crippen molar-refractivity contribution in [3.8, 4) is 0 Å². The molecular formula is C23H25NO2. The van der Waals surface area contributed by atoms with Gasteiger partial charge in [0.25, 0.3) is 0 Å². The van der Waals surface area contributed by atoms with Gasteiger partial charge in [-0.15, -0.1) is 0 Å². The Morgan fingerprint density at radius 1 is 1.00 bits per heavy atom. The lowest BCUT2D eigenvalue weighted by atomic mass is 9.87. The minimum absolute atomic E-state index is 0.0440. The van der Waals surface area contributed by atoms with Gasteiger partial charge >= 0.3 is 0 Å². The van der Waals surface area contributed by atoms with E-state index in [2.05, 4.69) is 20.8 Å². The molecule has 1 fully saturated rings. The fraction of sp³-hybridized carbons (Fsp3) is 0.304. The lowest BCUT2D eigenvalue weighted by molar-refractivity contribution is -0.122. The number of rotatable bonds is 4. The van der Waals surface area contributed by atoms with Crippen molar-refractivity contribution in [2.45, 2.75) is 39.0 Å². The molecule has 0 bridgehead atoms. The molecule has 3 heteroatoms. The van der Waals surface area contributed by atoms with Crippen LogP contribution < -0.4 is 4.90 Å². The molecule has 3 rings (SSSR count). The summed E-state index contributed by atoms with van der Waals surface area (Å²) in [5, 5.41) is 0. The number of allylic oxidation sites excluding steroid dienone is 1. The van der Waals surface area contributed by atoms with Gasteiger partial charge in [-0.2, -0.15) is 0 Å². The van der Waals surface area contributed by atoms with Crippen LogP contribution in [0.3, 0.4) is 0 Å². The van der Waals surface area contributed by atoms with Crippen molar-refractivity contribution in [3.63, 3.8) is 0 Å². The third kappa shape index (κ3) is 3.93. The van der Waals surface area contributed by atoms with Gasteiger partial charge in [0.15, 0.2) is 0 Å². The number of carbonyl (C=O) groups is 2. The molecule has 26 heavy (non-hydrogen) atoms. The molecule has 0 aliphatic carbocycles. The molecule has 1 aliphatic rings. The topological polar surface area (TPSA) is 37.4 Å². The van der Waals surface area contributed by atoms with Gasteiger partial charge in [-0.1, -0.05) is 75.4 Å². The second kappa shape index (κ2) is 7.28. The van der Waals surface area contributed by atoms with Gasteiger partial charge in [0.05, 0.1) is 11.6 Å². The van der Waals surface area contributed by atoms with Crippen LogP contribution in [0.5, 0.6) is 0 Å². The maximum absolute atomic E-state index is 12.7. The van der Waals surface area contributed by atoms with Gasteiger partial charge in [-0.25, -0.2) is 0 Å². The monoisotopic (exact) mass is 347 g/mol. The van der Waals surface area contributed by atoms with E-state index < -0.39 is 0 Å². The molecule has 134 valence electrons. The molecule has 1 aliphatic heterocycles. The van der Waals surface area contributed by atoms with Crippen LogP contribution in [-0.4, -0.2) is 11.8 Å². The number of imide groups is 1. The van der Waals surface area contributed by atoms with Crippen molar-refractivity contribution < 1.29 is 9.59 Å². The van der Waals surface area contributed by atoms with Crippen LogP contribution >= 0.6 is 0 Å². The molecule has 0 aromatic heterocycles. The first-order valence-electron chi connectivity index (χ1n) is 9.05. The molecule has 1 atom stereocenters. The zero-order valence-corrected chi connectivity index (χ0v) is 15.6. The zero-order valence-electron chi connectivity index (χ0n) is 15.6. The van der Waals surface area contributed by atoms with Crippen LogP contribution in [0.2, 0.25) is 0 Å². The fourth-order valence-electron chi connectivity index (χ4n) is 3.19. The first-order chi connectivity index (χ1) is 12.4. The third-order valence-corrected chi connectivity index (χ3v) is 4.76. The molecule has 2 aromatic rings. The van der Waals surface area contributed by atoms with E-state index >= 15 is 0 Å². The van der Waals surface area contributed by atoms with Crippen LogP contribution in [-0.2, 0) is 15.0 Å². The Labute approximate surface area is 155 Å². The molecule has 0 unspecified atom stereocenters. The zero-order chi connectivity index (χ0) is 18.7. The van der Waals surface area contributed by atoms with Crippen LogP contribution in [0.1, 0.15) is 44.7 Å². The SMILES string of the molecule is CC(C)(C)c1ccc(N2C(=O)C[C@@H](C/C=C/c3ccccc3)C2=O)cc1. The number of hydrogen-bond acceptors (Lipinski definition) is 2. The normalized spacial score (nSPS) is 18.1. The predicted octanol–water partition coefficient (Wildman–Crippen LogP) is 4.97. The van der Waals surface area contributed by atoms with Crippen molar-refractivity contribution in [2.24, 2.45) is 5.92 Å². The standard InChI is InChI=1S/C23H25NO2/c1-23(2,3)19-12-14-20(15-13-19)24-21(25)16-18(22(24)26)11-7-10-17-8-5-4-6-9-17/h4-10,12-15,18H,11,16H2,1-3H3/b10-7+/t18-/m1/s1. The van der Waals surface area contributed by atoms with Crippen LogP contribution in [0, 0.1) is 5.92 Å². The number of amides is 2. The Morgan fingerprint density at radius 2 is 1.65 bits per heavy atom. The third-order valence-electron chi connectivity index (χ3n) is 4.76. The molecule has 0 spiro atoms. The van der Waals surface area contributed by atoms with Crippen molar-refractivity contribution in [3.05, 3.63) is 71.8 Å². The Kier molecular flexibility index (Phi) is 5.08. The average Bonchev–Trinajstić information content (AvgIpc) is 2.89. The van der Waals surface area contributed by atoms with Gasteiger partial charge in [-0.3, -0.25) is 14.5 Å². The molecule has 2 aromatic carbocycles. The largest absolute Gasteiger partial charge is 0.274 e. The highest BCUT2D eigenvalue weighted by Crippen LogP contribution is 2.31. The Balaban J connectivity index is 1.70. The summed E-state index contributed by atoms with van der Waals surface area (Å²) in [6.45, 7) is 6.43. The molecule has 2 amide bonds. The van der Waals surface area contributed by atoms with Crippen molar-refractivity contribution in [1.82, 2.24) is 0 Å².